The minimum Gasteiger partial charge on any atom is -0.495 e. The van der Waals surface area contributed by atoms with E-state index in [0.29, 0.717) is 22.9 Å². The molecule has 0 spiro atoms. The molecular formula is C20H18N4O3. The van der Waals surface area contributed by atoms with Crippen LogP contribution in [-0.4, -0.2) is 28.7 Å². The molecule has 0 radical (unpaired) electrons. The third-order valence-corrected chi connectivity index (χ3v) is 4.41. The second-order valence-electron chi connectivity index (χ2n) is 6.18. The number of hydrogen-bond donors (Lipinski definition) is 2. The zero-order valence-electron chi connectivity index (χ0n) is 14.7. The topological polar surface area (TPSA) is 85.2 Å². The SMILES string of the molecule is COc1ccccc1NC(=O)C1CC(=O)Nc2cc(-c3ccccc3)nn21. The molecule has 0 saturated carbocycles. The molecule has 1 aromatic heterocycles. The summed E-state index contributed by atoms with van der Waals surface area (Å²) in [7, 11) is 1.54. The quantitative estimate of drug-likeness (QED) is 0.747. The summed E-state index contributed by atoms with van der Waals surface area (Å²) in [6.07, 6.45) is 0.0178. The van der Waals surface area contributed by atoms with Gasteiger partial charge in [-0.2, -0.15) is 5.10 Å². The van der Waals surface area contributed by atoms with Gasteiger partial charge < -0.3 is 15.4 Å². The Hall–Kier alpha value is -3.61. The second kappa shape index (κ2) is 6.95. The summed E-state index contributed by atoms with van der Waals surface area (Å²) in [5.74, 6) is 0.516. The first kappa shape index (κ1) is 16.8. The second-order valence-corrected chi connectivity index (χ2v) is 6.18. The highest BCUT2D eigenvalue weighted by Crippen LogP contribution is 2.31. The molecule has 0 fully saturated rings. The van der Waals surface area contributed by atoms with Gasteiger partial charge in [-0.3, -0.25) is 9.59 Å². The van der Waals surface area contributed by atoms with E-state index in [2.05, 4.69) is 15.7 Å². The summed E-state index contributed by atoms with van der Waals surface area (Å²) in [4.78, 5) is 25.0. The first-order chi connectivity index (χ1) is 13.2. The molecule has 2 aromatic carbocycles. The Morgan fingerprint density at radius 1 is 1.19 bits per heavy atom. The van der Waals surface area contributed by atoms with Gasteiger partial charge in [-0.1, -0.05) is 42.5 Å². The number of amides is 2. The van der Waals surface area contributed by atoms with E-state index in [-0.39, 0.29) is 18.2 Å². The maximum Gasteiger partial charge on any atom is 0.249 e. The number of fused-ring (bicyclic) bond motifs is 1. The van der Waals surface area contributed by atoms with E-state index in [1.807, 2.05) is 36.4 Å². The van der Waals surface area contributed by atoms with Gasteiger partial charge in [0.2, 0.25) is 11.8 Å². The standard InChI is InChI=1S/C20H18N4O3/c1-27-17-10-6-5-9-14(17)21-20(26)16-12-19(25)22-18-11-15(23-24(16)18)13-7-3-2-4-8-13/h2-11,16H,12H2,1H3,(H,21,26)(H,22,25). The monoisotopic (exact) mass is 362 g/mol. The van der Waals surface area contributed by atoms with Gasteiger partial charge in [0, 0.05) is 11.6 Å². The predicted octanol–water partition coefficient (Wildman–Crippen LogP) is 3.08. The molecule has 1 aliphatic heterocycles. The molecule has 1 atom stereocenters. The zero-order valence-corrected chi connectivity index (χ0v) is 14.7. The number of para-hydroxylation sites is 2. The van der Waals surface area contributed by atoms with Crippen LogP contribution in [0.3, 0.4) is 0 Å². The van der Waals surface area contributed by atoms with Crippen LogP contribution in [0.4, 0.5) is 11.5 Å². The molecule has 2 amide bonds. The number of aromatic nitrogens is 2. The zero-order chi connectivity index (χ0) is 18.8. The highest BCUT2D eigenvalue weighted by molar-refractivity contribution is 6.02. The predicted molar refractivity (Wildman–Crippen MR) is 102 cm³/mol. The Bertz CT molecular complexity index is 997. The van der Waals surface area contributed by atoms with Gasteiger partial charge in [-0.05, 0) is 12.1 Å². The van der Waals surface area contributed by atoms with Crippen LogP contribution in [0.1, 0.15) is 12.5 Å². The number of carbonyl (C=O) groups excluding carboxylic acids is 2. The number of nitrogens with zero attached hydrogens (tertiary/aromatic N) is 2. The van der Waals surface area contributed by atoms with E-state index in [9.17, 15) is 9.59 Å². The number of carbonyl (C=O) groups is 2. The number of nitrogens with one attached hydrogen (secondary N) is 2. The van der Waals surface area contributed by atoms with Gasteiger partial charge in [0.25, 0.3) is 0 Å². The van der Waals surface area contributed by atoms with Crippen molar-refractivity contribution >= 4 is 23.3 Å². The molecule has 1 unspecified atom stereocenters. The lowest BCUT2D eigenvalue weighted by molar-refractivity contribution is -0.125. The summed E-state index contributed by atoms with van der Waals surface area (Å²) in [5, 5.41) is 10.2. The molecule has 2 heterocycles. The number of ether oxygens (including phenoxy) is 1. The van der Waals surface area contributed by atoms with Crippen molar-refractivity contribution in [2.75, 3.05) is 17.7 Å². The van der Waals surface area contributed by atoms with Crippen molar-refractivity contribution in [1.82, 2.24) is 9.78 Å². The Balaban J connectivity index is 1.65. The molecule has 0 aliphatic carbocycles. The average Bonchev–Trinajstić information content (AvgIpc) is 3.12. The van der Waals surface area contributed by atoms with E-state index >= 15 is 0 Å². The maximum atomic E-state index is 12.9. The lowest BCUT2D eigenvalue weighted by Gasteiger charge is -2.24. The van der Waals surface area contributed by atoms with E-state index in [4.69, 9.17) is 4.74 Å². The van der Waals surface area contributed by atoms with E-state index < -0.39 is 6.04 Å². The molecule has 3 aromatic rings. The van der Waals surface area contributed by atoms with Gasteiger partial charge in [0.15, 0.2) is 0 Å². The van der Waals surface area contributed by atoms with Crippen LogP contribution in [0.5, 0.6) is 5.75 Å². The lowest BCUT2D eigenvalue weighted by Crippen LogP contribution is -2.35. The summed E-state index contributed by atoms with van der Waals surface area (Å²) < 4.78 is 6.83. The van der Waals surface area contributed by atoms with Gasteiger partial charge in [0.05, 0.1) is 24.9 Å². The molecule has 136 valence electrons. The van der Waals surface area contributed by atoms with Crippen LogP contribution >= 0.6 is 0 Å². The fraction of sp³-hybridized carbons (Fsp3) is 0.150. The van der Waals surface area contributed by atoms with Crippen molar-refractivity contribution in [3.8, 4) is 17.0 Å². The Morgan fingerprint density at radius 3 is 2.70 bits per heavy atom. The molecule has 7 heteroatoms. The minimum absolute atomic E-state index is 0.0178. The number of hydrogen-bond acceptors (Lipinski definition) is 4. The molecule has 1 aliphatic rings. The summed E-state index contributed by atoms with van der Waals surface area (Å²) in [5.41, 5.74) is 2.16. The van der Waals surface area contributed by atoms with Gasteiger partial charge >= 0.3 is 0 Å². The fourth-order valence-corrected chi connectivity index (χ4v) is 3.10. The van der Waals surface area contributed by atoms with Crippen molar-refractivity contribution in [3.63, 3.8) is 0 Å². The van der Waals surface area contributed by atoms with E-state index in [1.165, 1.54) is 7.11 Å². The molecule has 7 nitrogen and oxygen atoms in total. The van der Waals surface area contributed by atoms with Crippen molar-refractivity contribution in [1.29, 1.82) is 0 Å². The van der Waals surface area contributed by atoms with Crippen molar-refractivity contribution in [2.24, 2.45) is 0 Å². The molecule has 0 saturated heterocycles. The van der Waals surface area contributed by atoms with E-state index in [0.717, 1.165) is 5.56 Å². The summed E-state index contributed by atoms with van der Waals surface area (Å²) >= 11 is 0. The first-order valence-corrected chi connectivity index (χ1v) is 8.54. The smallest absolute Gasteiger partial charge is 0.249 e. The third kappa shape index (κ3) is 3.27. The van der Waals surface area contributed by atoms with Gasteiger partial charge in [-0.15, -0.1) is 0 Å². The molecule has 4 rings (SSSR count). The summed E-state index contributed by atoms with van der Waals surface area (Å²) in [6.45, 7) is 0. The molecule has 2 N–H and O–H groups in total. The van der Waals surface area contributed by atoms with Gasteiger partial charge in [0.1, 0.15) is 17.6 Å². The molecule has 0 bridgehead atoms. The minimum atomic E-state index is -0.740. The highest BCUT2D eigenvalue weighted by atomic mass is 16.5. The maximum absolute atomic E-state index is 12.9. The highest BCUT2D eigenvalue weighted by Gasteiger charge is 2.32. The van der Waals surface area contributed by atoms with Crippen LogP contribution in [0.15, 0.2) is 60.7 Å². The molecular weight excluding hydrogens is 344 g/mol. The Morgan fingerprint density at radius 2 is 1.93 bits per heavy atom. The Labute approximate surface area is 156 Å². The van der Waals surface area contributed by atoms with Crippen molar-refractivity contribution in [3.05, 3.63) is 60.7 Å². The molecule has 27 heavy (non-hydrogen) atoms. The third-order valence-electron chi connectivity index (χ3n) is 4.41. The lowest BCUT2D eigenvalue weighted by atomic mass is 10.1. The van der Waals surface area contributed by atoms with Crippen LogP contribution < -0.4 is 15.4 Å². The summed E-state index contributed by atoms with van der Waals surface area (Å²) in [6, 6.07) is 17.8. The number of methoxy groups -OCH3 is 1. The normalized spacial score (nSPS) is 15.6. The van der Waals surface area contributed by atoms with Crippen LogP contribution in [0.2, 0.25) is 0 Å². The number of benzene rings is 2. The van der Waals surface area contributed by atoms with E-state index in [1.54, 1.807) is 28.9 Å². The Kier molecular flexibility index (Phi) is 4.33. The number of rotatable bonds is 4. The largest absolute Gasteiger partial charge is 0.495 e. The van der Waals surface area contributed by atoms with Crippen LogP contribution in [0, 0.1) is 0 Å². The van der Waals surface area contributed by atoms with Crippen molar-refractivity contribution < 1.29 is 14.3 Å². The van der Waals surface area contributed by atoms with Crippen molar-refractivity contribution in [2.45, 2.75) is 12.5 Å². The number of anilines is 2. The first-order valence-electron chi connectivity index (χ1n) is 8.54. The van der Waals surface area contributed by atoms with Gasteiger partial charge in [-0.25, -0.2) is 4.68 Å². The van der Waals surface area contributed by atoms with Crippen LogP contribution in [0.25, 0.3) is 11.3 Å². The van der Waals surface area contributed by atoms with Crippen LogP contribution in [-0.2, 0) is 9.59 Å². The fourth-order valence-electron chi connectivity index (χ4n) is 3.10. The average molecular weight is 362 g/mol.